The normalized spacial score (nSPS) is 32.4. The van der Waals surface area contributed by atoms with Crippen LogP contribution in [0, 0.1) is 5.92 Å². The molecule has 116 valence electrons. The van der Waals surface area contributed by atoms with Crippen LogP contribution in [0.5, 0.6) is 0 Å². The van der Waals surface area contributed by atoms with Crippen LogP contribution >= 0.6 is 0 Å². The van der Waals surface area contributed by atoms with Crippen molar-refractivity contribution >= 4 is 0 Å². The highest BCUT2D eigenvalue weighted by atomic mass is 16.5. The van der Waals surface area contributed by atoms with E-state index in [4.69, 9.17) is 4.74 Å². The van der Waals surface area contributed by atoms with E-state index in [1.165, 1.54) is 19.3 Å². The molecule has 0 spiro atoms. The number of nitrogens with zero attached hydrogens (tertiary/aromatic N) is 2. The first-order chi connectivity index (χ1) is 9.77. The number of aliphatic hydroxyl groups is 1. The Morgan fingerprint density at radius 2 is 1.95 bits per heavy atom. The molecule has 2 saturated heterocycles. The van der Waals surface area contributed by atoms with Crippen molar-refractivity contribution in [3.63, 3.8) is 0 Å². The standard InChI is InChI=1S/C15H29N3O2/c1-16-15(12-19,13-2-3-13)11-17-5-4-14(10-17)18-6-8-20-9-7-18/h13-14,16,19H,2-12H2,1H3. The summed E-state index contributed by atoms with van der Waals surface area (Å²) in [7, 11) is 2.00. The lowest BCUT2D eigenvalue weighted by Crippen LogP contribution is -2.56. The number of likely N-dealkylation sites (N-methyl/N-ethyl adjacent to an activating group) is 1. The SMILES string of the molecule is CNC(CO)(CN1CCC(N2CCOCC2)C1)C1CC1. The van der Waals surface area contributed by atoms with Crippen LogP contribution in [0.2, 0.25) is 0 Å². The van der Waals surface area contributed by atoms with Crippen molar-refractivity contribution in [1.29, 1.82) is 0 Å². The maximum atomic E-state index is 9.85. The van der Waals surface area contributed by atoms with Gasteiger partial charge in [0.15, 0.2) is 0 Å². The van der Waals surface area contributed by atoms with Gasteiger partial charge < -0.3 is 15.2 Å². The molecule has 2 aliphatic heterocycles. The lowest BCUT2D eigenvalue weighted by atomic mass is 9.93. The number of rotatable bonds is 6. The predicted octanol–water partition coefficient (Wildman–Crippen LogP) is -0.247. The van der Waals surface area contributed by atoms with E-state index in [-0.39, 0.29) is 12.1 Å². The van der Waals surface area contributed by atoms with Gasteiger partial charge in [-0.2, -0.15) is 0 Å². The molecule has 20 heavy (non-hydrogen) atoms. The van der Waals surface area contributed by atoms with Gasteiger partial charge in [-0.1, -0.05) is 0 Å². The Kier molecular flexibility index (Phi) is 4.62. The molecule has 2 N–H and O–H groups in total. The van der Waals surface area contributed by atoms with E-state index >= 15 is 0 Å². The molecule has 5 heteroatoms. The first-order valence-electron chi connectivity index (χ1n) is 8.11. The number of hydrogen-bond acceptors (Lipinski definition) is 5. The smallest absolute Gasteiger partial charge is 0.0628 e. The zero-order valence-electron chi connectivity index (χ0n) is 12.7. The van der Waals surface area contributed by atoms with E-state index in [0.29, 0.717) is 12.0 Å². The monoisotopic (exact) mass is 283 g/mol. The minimum Gasteiger partial charge on any atom is -0.394 e. The second-order valence-electron chi connectivity index (χ2n) is 6.66. The lowest BCUT2D eigenvalue weighted by molar-refractivity contribution is 0.0172. The van der Waals surface area contributed by atoms with E-state index in [9.17, 15) is 5.11 Å². The molecule has 0 aromatic carbocycles. The van der Waals surface area contributed by atoms with Gasteiger partial charge in [0, 0.05) is 32.2 Å². The number of morpholine rings is 1. The van der Waals surface area contributed by atoms with Crippen molar-refractivity contribution < 1.29 is 9.84 Å². The van der Waals surface area contributed by atoms with Gasteiger partial charge in [0.25, 0.3) is 0 Å². The van der Waals surface area contributed by atoms with E-state index in [2.05, 4.69) is 15.1 Å². The predicted molar refractivity (Wildman–Crippen MR) is 78.8 cm³/mol. The van der Waals surface area contributed by atoms with E-state index in [1.807, 2.05) is 7.05 Å². The molecule has 5 nitrogen and oxygen atoms in total. The van der Waals surface area contributed by atoms with Crippen LogP contribution in [0.25, 0.3) is 0 Å². The fourth-order valence-corrected chi connectivity index (χ4v) is 3.90. The minimum absolute atomic E-state index is 0.0695. The summed E-state index contributed by atoms with van der Waals surface area (Å²) in [6.07, 6.45) is 3.79. The van der Waals surface area contributed by atoms with Gasteiger partial charge in [0.2, 0.25) is 0 Å². The van der Waals surface area contributed by atoms with Gasteiger partial charge in [-0.3, -0.25) is 9.80 Å². The zero-order valence-corrected chi connectivity index (χ0v) is 12.7. The van der Waals surface area contributed by atoms with Gasteiger partial charge in [-0.25, -0.2) is 0 Å². The molecule has 0 aromatic heterocycles. The van der Waals surface area contributed by atoms with Crippen LogP contribution in [-0.2, 0) is 4.74 Å². The Morgan fingerprint density at radius 1 is 1.20 bits per heavy atom. The molecule has 0 radical (unpaired) electrons. The average molecular weight is 283 g/mol. The number of likely N-dealkylation sites (tertiary alicyclic amines) is 1. The van der Waals surface area contributed by atoms with Crippen LogP contribution in [-0.4, -0.2) is 86.1 Å². The van der Waals surface area contributed by atoms with Crippen LogP contribution in [0.1, 0.15) is 19.3 Å². The quantitative estimate of drug-likeness (QED) is 0.704. The molecule has 0 bridgehead atoms. The maximum absolute atomic E-state index is 9.85. The second-order valence-corrected chi connectivity index (χ2v) is 6.66. The molecule has 0 amide bonds. The summed E-state index contributed by atoms with van der Waals surface area (Å²) in [4.78, 5) is 5.13. The average Bonchev–Trinajstić information content (AvgIpc) is 3.26. The molecule has 2 heterocycles. The fourth-order valence-electron chi connectivity index (χ4n) is 3.90. The summed E-state index contributed by atoms with van der Waals surface area (Å²) in [5, 5.41) is 13.3. The van der Waals surface area contributed by atoms with E-state index in [0.717, 1.165) is 45.9 Å². The third-order valence-electron chi connectivity index (χ3n) is 5.45. The molecule has 1 aliphatic carbocycles. The van der Waals surface area contributed by atoms with Crippen molar-refractivity contribution in [3.8, 4) is 0 Å². The molecular formula is C15H29N3O2. The molecule has 3 aliphatic rings. The Morgan fingerprint density at radius 3 is 2.55 bits per heavy atom. The summed E-state index contributed by atoms with van der Waals surface area (Å²) in [5.74, 6) is 0.667. The van der Waals surface area contributed by atoms with E-state index < -0.39 is 0 Å². The van der Waals surface area contributed by atoms with Gasteiger partial charge in [-0.05, 0) is 38.8 Å². The first kappa shape index (κ1) is 14.7. The Labute approximate surface area is 122 Å². The molecule has 2 unspecified atom stereocenters. The van der Waals surface area contributed by atoms with Crippen molar-refractivity contribution in [1.82, 2.24) is 15.1 Å². The van der Waals surface area contributed by atoms with Gasteiger partial charge >= 0.3 is 0 Å². The molecular weight excluding hydrogens is 254 g/mol. The number of nitrogens with one attached hydrogen (secondary N) is 1. The number of aliphatic hydroxyl groups excluding tert-OH is 1. The summed E-state index contributed by atoms with van der Waals surface area (Å²) < 4.78 is 5.44. The summed E-state index contributed by atoms with van der Waals surface area (Å²) >= 11 is 0. The molecule has 3 rings (SSSR count). The first-order valence-corrected chi connectivity index (χ1v) is 8.11. The summed E-state index contributed by atoms with van der Waals surface area (Å²) in [6.45, 7) is 7.49. The molecule has 1 saturated carbocycles. The topological polar surface area (TPSA) is 48.0 Å². The van der Waals surface area contributed by atoms with Crippen molar-refractivity contribution in [2.75, 3.05) is 59.6 Å². The lowest BCUT2D eigenvalue weighted by Gasteiger charge is -2.37. The second kappa shape index (κ2) is 6.28. The van der Waals surface area contributed by atoms with Crippen LogP contribution < -0.4 is 5.32 Å². The molecule has 2 atom stereocenters. The van der Waals surface area contributed by atoms with E-state index in [1.54, 1.807) is 0 Å². The van der Waals surface area contributed by atoms with Gasteiger partial charge in [-0.15, -0.1) is 0 Å². The largest absolute Gasteiger partial charge is 0.394 e. The van der Waals surface area contributed by atoms with Crippen LogP contribution in [0.15, 0.2) is 0 Å². The summed E-state index contributed by atoms with van der Waals surface area (Å²) in [6, 6.07) is 0.686. The minimum atomic E-state index is -0.0695. The Bertz CT molecular complexity index is 312. The number of hydrogen-bond donors (Lipinski definition) is 2. The van der Waals surface area contributed by atoms with Crippen LogP contribution in [0.3, 0.4) is 0 Å². The third kappa shape index (κ3) is 3.02. The van der Waals surface area contributed by atoms with Crippen molar-refractivity contribution in [2.45, 2.75) is 30.8 Å². The fraction of sp³-hybridized carbons (Fsp3) is 1.00. The number of ether oxygens (including phenoxy) is 1. The van der Waals surface area contributed by atoms with Gasteiger partial charge in [0.1, 0.15) is 0 Å². The Hall–Kier alpha value is -0.200. The molecule has 0 aromatic rings. The highest BCUT2D eigenvalue weighted by molar-refractivity contribution is 5.03. The maximum Gasteiger partial charge on any atom is 0.0628 e. The highest BCUT2D eigenvalue weighted by Crippen LogP contribution is 2.40. The zero-order chi connectivity index (χ0) is 14.0. The highest BCUT2D eigenvalue weighted by Gasteiger charge is 2.45. The summed E-state index contributed by atoms with van der Waals surface area (Å²) in [5.41, 5.74) is -0.0695. The van der Waals surface area contributed by atoms with Crippen LogP contribution in [0.4, 0.5) is 0 Å². The Balaban J connectivity index is 1.53. The van der Waals surface area contributed by atoms with Crippen molar-refractivity contribution in [2.24, 2.45) is 5.92 Å². The van der Waals surface area contributed by atoms with Crippen molar-refractivity contribution in [3.05, 3.63) is 0 Å². The third-order valence-corrected chi connectivity index (χ3v) is 5.45. The van der Waals surface area contributed by atoms with Gasteiger partial charge in [0.05, 0.1) is 25.4 Å². The molecule has 3 fully saturated rings.